The average molecular weight is 180 g/mol. The van der Waals surface area contributed by atoms with Crippen molar-refractivity contribution >= 4 is 0 Å². The maximum atomic E-state index is 9.12. The second-order valence-electron chi connectivity index (χ2n) is 2.72. The highest BCUT2D eigenvalue weighted by atomic mass is 16.6. The molecule has 1 heterocycles. The van der Waals surface area contributed by atoms with Crippen LogP contribution in [0.5, 0.6) is 0 Å². The topological polar surface area (TPSA) is 110 Å². The van der Waals surface area contributed by atoms with Crippen molar-refractivity contribution in [3.8, 4) is 0 Å². The maximum absolute atomic E-state index is 9.12. The van der Waals surface area contributed by atoms with E-state index < -0.39 is 37.3 Å². The molecule has 0 aromatic carbocycles. The average Bonchev–Trinajstić information content (AvgIpc) is 2.08. The van der Waals surface area contributed by atoms with Gasteiger partial charge < -0.3 is 30.3 Å². The molecule has 5 N–H and O–H groups in total. The molecule has 1 rings (SSSR count). The maximum Gasteiger partial charge on any atom is 0.184 e. The van der Waals surface area contributed by atoms with Gasteiger partial charge in [-0.1, -0.05) is 0 Å². The molecule has 1 aliphatic heterocycles. The molecular formula is C6H12O6. The van der Waals surface area contributed by atoms with Crippen molar-refractivity contribution in [2.75, 3.05) is 6.61 Å². The largest absolute Gasteiger partial charge is 0.394 e. The van der Waals surface area contributed by atoms with Crippen LogP contribution in [-0.4, -0.2) is 62.8 Å². The first-order valence-corrected chi connectivity index (χ1v) is 3.56. The third-order valence-electron chi connectivity index (χ3n) is 1.87. The standard InChI is InChI=1S/C6H12O6/c7-1-2-3(8)4(9)5(10)6(11)12-2/h2-11H,1H2/t2-,3?,4+,5-,6?/m1/s1. The highest BCUT2D eigenvalue weighted by Crippen LogP contribution is 2.18. The van der Waals surface area contributed by atoms with Crippen LogP contribution in [0.15, 0.2) is 0 Å². The van der Waals surface area contributed by atoms with E-state index in [0.717, 1.165) is 0 Å². The van der Waals surface area contributed by atoms with Crippen molar-refractivity contribution in [3.63, 3.8) is 0 Å². The Morgan fingerprint density at radius 1 is 0.917 bits per heavy atom. The lowest BCUT2D eigenvalue weighted by Crippen LogP contribution is -2.58. The Kier molecular flexibility index (Phi) is 2.99. The summed E-state index contributed by atoms with van der Waals surface area (Å²) in [6.07, 6.45) is -7.04. The summed E-state index contributed by atoms with van der Waals surface area (Å²) in [7, 11) is 0. The number of aliphatic hydroxyl groups is 5. The van der Waals surface area contributed by atoms with E-state index in [9.17, 15) is 0 Å². The summed E-state index contributed by atoms with van der Waals surface area (Å²) in [4.78, 5) is 0. The molecule has 0 radical (unpaired) electrons. The molecular weight excluding hydrogens is 168 g/mol. The molecule has 0 spiro atoms. The molecule has 2 unspecified atom stereocenters. The Bertz CT molecular complexity index is 146. The summed E-state index contributed by atoms with van der Waals surface area (Å²) >= 11 is 0. The van der Waals surface area contributed by atoms with Crippen LogP contribution >= 0.6 is 0 Å². The number of ether oxygens (including phenoxy) is 1. The van der Waals surface area contributed by atoms with Crippen LogP contribution in [0.25, 0.3) is 0 Å². The fourth-order valence-electron chi connectivity index (χ4n) is 1.08. The van der Waals surface area contributed by atoms with Crippen molar-refractivity contribution in [1.29, 1.82) is 0 Å². The fourth-order valence-corrected chi connectivity index (χ4v) is 1.08. The van der Waals surface area contributed by atoms with Crippen LogP contribution < -0.4 is 0 Å². The van der Waals surface area contributed by atoms with Gasteiger partial charge in [-0.2, -0.15) is 0 Å². The predicted octanol–water partition coefficient (Wildman–Crippen LogP) is -3.22. The molecule has 6 heteroatoms. The second-order valence-corrected chi connectivity index (χ2v) is 2.72. The first kappa shape index (κ1) is 9.85. The van der Waals surface area contributed by atoms with Gasteiger partial charge in [-0.05, 0) is 0 Å². The van der Waals surface area contributed by atoms with Crippen molar-refractivity contribution in [1.82, 2.24) is 0 Å². The van der Waals surface area contributed by atoms with E-state index >= 15 is 0 Å². The number of hydrogen-bond acceptors (Lipinski definition) is 6. The van der Waals surface area contributed by atoms with Crippen LogP contribution in [0.1, 0.15) is 0 Å². The highest BCUT2D eigenvalue weighted by molar-refractivity contribution is 4.87. The molecule has 0 aliphatic carbocycles. The Balaban J connectivity index is 2.63. The zero-order chi connectivity index (χ0) is 9.30. The van der Waals surface area contributed by atoms with Crippen molar-refractivity contribution in [3.05, 3.63) is 0 Å². The lowest BCUT2D eigenvalue weighted by atomic mass is 10.00. The van der Waals surface area contributed by atoms with E-state index in [1.165, 1.54) is 0 Å². The van der Waals surface area contributed by atoms with Crippen molar-refractivity contribution in [2.45, 2.75) is 30.7 Å². The van der Waals surface area contributed by atoms with Crippen LogP contribution in [0.4, 0.5) is 0 Å². The van der Waals surface area contributed by atoms with E-state index in [-0.39, 0.29) is 0 Å². The van der Waals surface area contributed by atoms with E-state index in [0.29, 0.717) is 0 Å². The minimum Gasteiger partial charge on any atom is -0.394 e. The van der Waals surface area contributed by atoms with E-state index in [1.54, 1.807) is 0 Å². The third kappa shape index (κ3) is 1.58. The molecule has 0 bridgehead atoms. The van der Waals surface area contributed by atoms with Crippen LogP contribution in [0, 0.1) is 0 Å². The second kappa shape index (κ2) is 3.65. The van der Waals surface area contributed by atoms with Crippen LogP contribution in [0.3, 0.4) is 0 Å². The minimum atomic E-state index is -1.57. The summed E-state index contributed by atoms with van der Waals surface area (Å²) in [5.74, 6) is 0. The van der Waals surface area contributed by atoms with E-state index in [4.69, 9.17) is 25.5 Å². The highest BCUT2D eigenvalue weighted by Gasteiger charge is 2.42. The first-order valence-electron chi connectivity index (χ1n) is 3.56. The molecule has 1 aliphatic rings. The Labute approximate surface area is 68.6 Å². The summed E-state index contributed by atoms with van der Waals surface area (Å²) in [5.41, 5.74) is 0. The van der Waals surface area contributed by atoms with Gasteiger partial charge in [0.1, 0.15) is 24.4 Å². The molecule has 12 heavy (non-hydrogen) atoms. The zero-order valence-corrected chi connectivity index (χ0v) is 6.24. The lowest BCUT2D eigenvalue weighted by Gasteiger charge is -2.37. The van der Waals surface area contributed by atoms with Gasteiger partial charge in [0.25, 0.3) is 0 Å². The monoisotopic (exact) mass is 180 g/mol. The van der Waals surface area contributed by atoms with E-state index in [1.807, 2.05) is 0 Å². The van der Waals surface area contributed by atoms with Gasteiger partial charge >= 0.3 is 0 Å². The predicted molar refractivity (Wildman–Crippen MR) is 36.0 cm³/mol. The molecule has 0 aromatic heterocycles. The van der Waals surface area contributed by atoms with Gasteiger partial charge in [0.05, 0.1) is 6.61 Å². The SMILES string of the molecule is OC[C@H]1OC(O)[C@H](O)[C@@H](O)C1O. The molecule has 0 saturated carbocycles. The molecule has 5 atom stereocenters. The van der Waals surface area contributed by atoms with E-state index in [2.05, 4.69) is 4.74 Å². The molecule has 0 amide bonds. The smallest absolute Gasteiger partial charge is 0.184 e. The van der Waals surface area contributed by atoms with Gasteiger partial charge in [-0.3, -0.25) is 0 Å². The normalized spacial score (nSPS) is 49.2. The molecule has 72 valence electrons. The Morgan fingerprint density at radius 3 is 2.00 bits per heavy atom. The van der Waals surface area contributed by atoms with Crippen molar-refractivity contribution < 1.29 is 30.3 Å². The molecule has 0 aromatic rings. The summed E-state index contributed by atoms with van der Waals surface area (Å²) < 4.78 is 4.58. The summed E-state index contributed by atoms with van der Waals surface area (Å²) in [5, 5.41) is 44.7. The van der Waals surface area contributed by atoms with Gasteiger partial charge in [-0.15, -0.1) is 0 Å². The Hall–Kier alpha value is -0.240. The lowest BCUT2D eigenvalue weighted by molar-refractivity contribution is -0.286. The van der Waals surface area contributed by atoms with Gasteiger partial charge in [-0.25, -0.2) is 0 Å². The molecule has 1 fully saturated rings. The number of rotatable bonds is 1. The summed E-state index contributed by atoms with van der Waals surface area (Å²) in [6, 6.07) is 0. The van der Waals surface area contributed by atoms with Crippen molar-refractivity contribution in [2.24, 2.45) is 0 Å². The number of aliphatic hydroxyl groups excluding tert-OH is 5. The summed E-state index contributed by atoms with van der Waals surface area (Å²) in [6.45, 7) is -0.526. The third-order valence-corrected chi connectivity index (χ3v) is 1.87. The van der Waals surface area contributed by atoms with Crippen LogP contribution in [0.2, 0.25) is 0 Å². The van der Waals surface area contributed by atoms with Crippen LogP contribution in [-0.2, 0) is 4.74 Å². The number of hydrogen-bond donors (Lipinski definition) is 5. The Morgan fingerprint density at radius 2 is 1.50 bits per heavy atom. The zero-order valence-electron chi connectivity index (χ0n) is 6.24. The molecule has 1 saturated heterocycles. The minimum absolute atomic E-state index is 0.526. The van der Waals surface area contributed by atoms with Gasteiger partial charge in [0.15, 0.2) is 6.29 Å². The quantitative estimate of drug-likeness (QED) is 0.290. The van der Waals surface area contributed by atoms with Gasteiger partial charge in [0.2, 0.25) is 0 Å². The molecule has 6 nitrogen and oxygen atoms in total. The fraction of sp³-hybridized carbons (Fsp3) is 1.00. The first-order chi connectivity index (χ1) is 5.57. The van der Waals surface area contributed by atoms with Gasteiger partial charge in [0, 0.05) is 0 Å².